The molecule has 0 unspecified atom stereocenters. The van der Waals surface area contributed by atoms with Crippen LogP contribution < -0.4 is 4.72 Å². The zero-order valence-corrected chi connectivity index (χ0v) is 9.35. The third-order valence-corrected chi connectivity index (χ3v) is 2.68. The monoisotopic (exact) mass is 224 g/mol. The predicted octanol–water partition coefficient (Wildman–Crippen LogP) is 1.85. The van der Waals surface area contributed by atoms with Gasteiger partial charge in [0, 0.05) is 16.6 Å². The number of aromatic nitrogens is 1. The second-order valence-corrected chi connectivity index (χ2v) is 5.34. The van der Waals surface area contributed by atoms with Gasteiger partial charge in [0.05, 0.1) is 11.9 Å². The first-order valence-corrected chi connectivity index (χ1v) is 6.41. The van der Waals surface area contributed by atoms with Crippen LogP contribution in [0, 0.1) is 6.92 Å². The number of H-pyrrole nitrogens is 1. The van der Waals surface area contributed by atoms with Crippen molar-refractivity contribution in [2.45, 2.75) is 6.92 Å². The van der Waals surface area contributed by atoms with Crippen LogP contribution in [0.4, 0.5) is 5.69 Å². The van der Waals surface area contributed by atoms with Crippen molar-refractivity contribution in [3.63, 3.8) is 0 Å². The van der Waals surface area contributed by atoms with Crippen molar-refractivity contribution in [2.75, 3.05) is 11.0 Å². The molecule has 2 N–H and O–H groups in total. The fourth-order valence-corrected chi connectivity index (χ4v) is 2.16. The van der Waals surface area contributed by atoms with Crippen LogP contribution in [0.2, 0.25) is 0 Å². The predicted molar refractivity (Wildman–Crippen MR) is 61.5 cm³/mol. The summed E-state index contributed by atoms with van der Waals surface area (Å²) in [6.45, 7) is 1.93. The average Bonchev–Trinajstić information content (AvgIpc) is 2.43. The van der Waals surface area contributed by atoms with Gasteiger partial charge in [0.1, 0.15) is 0 Å². The van der Waals surface area contributed by atoms with Gasteiger partial charge in [0.2, 0.25) is 10.0 Å². The molecule has 0 saturated carbocycles. The van der Waals surface area contributed by atoms with Crippen LogP contribution in [-0.2, 0) is 10.0 Å². The molecule has 0 amide bonds. The van der Waals surface area contributed by atoms with Gasteiger partial charge in [-0.1, -0.05) is 6.07 Å². The summed E-state index contributed by atoms with van der Waals surface area (Å²) in [5, 5.41) is 0.889. The fourth-order valence-electron chi connectivity index (χ4n) is 1.58. The van der Waals surface area contributed by atoms with Gasteiger partial charge < -0.3 is 4.98 Å². The molecule has 2 aromatic rings. The molecule has 5 heteroatoms. The summed E-state index contributed by atoms with van der Waals surface area (Å²) in [7, 11) is -3.22. The molecule has 0 bridgehead atoms. The molecule has 0 aliphatic carbocycles. The molecule has 0 aliphatic rings. The van der Waals surface area contributed by atoms with Gasteiger partial charge in [-0.05, 0) is 25.1 Å². The van der Waals surface area contributed by atoms with Crippen molar-refractivity contribution in [3.05, 3.63) is 30.0 Å². The van der Waals surface area contributed by atoms with E-state index in [9.17, 15) is 8.42 Å². The maximum Gasteiger partial charge on any atom is 0.229 e. The Morgan fingerprint density at radius 3 is 2.73 bits per heavy atom. The molecule has 1 aromatic carbocycles. The number of aryl methyl sites for hydroxylation is 1. The smallest absolute Gasteiger partial charge is 0.229 e. The van der Waals surface area contributed by atoms with Crippen LogP contribution >= 0.6 is 0 Å². The Balaban J connectivity index is 2.60. The standard InChI is InChI=1S/C10H12N2O2S/c1-7-6-8-9(11-7)4-3-5-10(8)12-15(2,13)14/h3-6,11-12H,1-2H3. The Labute approximate surface area is 88.4 Å². The topological polar surface area (TPSA) is 62.0 Å². The summed E-state index contributed by atoms with van der Waals surface area (Å²) in [5.41, 5.74) is 2.55. The molecule has 0 aliphatic heterocycles. The highest BCUT2D eigenvalue weighted by Crippen LogP contribution is 2.24. The van der Waals surface area contributed by atoms with E-state index in [1.807, 2.05) is 25.1 Å². The molecule has 80 valence electrons. The minimum atomic E-state index is -3.22. The van der Waals surface area contributed by atoms with E-state index in [0.717, 1.165) is 22.9 Å². The number of hydrogen-bond donors (Lipinski definition) is 2. The summed E-state index contributed by atoms with van der Waals surface area (Å²) < 4.78 is 24.7. The van der Waals surface area contributed by atoms with Crippen LogP contribution in [0.15, 0.2) is 24.3 Å². The molecule has 1 heterocycles. The molecular weight excluding hydrogens is 212 g/mol. The van der Waals surface area contributed by atoms with Crippen molar-refractivity contribution in [1.82, 2.24) is 4.98 Å². The van der Waals surface area contributed by atoms with E-state index >= 15 is 0 Å². The lowest BCUT2D eigenvalue weighted by Crippen LogP contribution is -2.09. The Morgan fingerprint density at radius 1 is 1.33 bits per heavy atom. The van der Waals surface area contributed by atoms with Gasteiger partial charge in [0.15, 0.2) is 0 Å². The first kappa shape index (κ1) is 10.0. The zero-order valence-electron chi connectivity index (χ0n) is 8.53. The van der Waals surface area contributed by atoms with Gasteiger partial charge >= 0.3 is 0 Å². The number of hydrogen-bond acceptors (Lipinski definition) is 2. The third kappa shape index (κ3) is 2.12. The van der Waals surface area contributed by atoms with Crippen LogP contribution in [-0.4, -0.2) is 19.7 Å². The molecule has 0 spiro atoms. The largest absolute Gasteiger partial charge is 0.359 e. The summed E-state index contributed by atoms with van der Waals surface area (Å²) in [6.07, 6.45) is 1.14. The molecular formula is C10H12N2O2S. The highest BCUT2D eigenvalue weighted by Gasteiger charge is 2.07. The van der Waals surface area contributed by atoms with Gasteiger partial charge in [-0.2, -0.15) is 0 Å². The maximum absolute atomic E-state index is 11.1. The second kappa shape index (κ2) is 3.27. The number of fused-ring (bicyclic) bond motifs is 1. The van der Waals surface area contributed by atoms with E-state index in [-0.39, 0.29) is 0 Å². The normalized spacial score (nSPS) is 11.9. The number of benzene rings is 1. The van der Waals surface area contributed by atoms with E-state index in [4.69, 9.17) is 0 Å². The average molecular weight is 224 g/mol. The zero-order chi connectivity index (χ0) is 11.1. The fraction of sp³-hybridized carbons (Fsp3) is 0.200. The number of anilines is 1. The van der Waals surface area contributed by atoms with E-state index in [1.165, 1.54) is 0 Å². The molecule has 0 fully saturated rings. The number of aromatic amines is 1. The lowest BCUT2D eigenvalue weighted by atomic mass is 10.2. The van der Waals surface area contributed by atoms with Crippen molar-refractivity contribution in [3.8, 4) is 0 Å². The number of nitrogens with one attached hydrogen (secondary N) is 2. The van der Waals surface area contributed by atoms with Gasteiger partial charge in [-0.15, -0.1) is 0 Å². The lowest BCUT2D eigenvalue weighted by molar-refractivity contribution is 0.607. The summed E-state index contributed by atoms with van der Waals surface area (Å²) >= 11 is 0. The second-order valence-electron chi connectivity index (χ2n) is 3.59. The first-order valence-electron chi connectivity index (χ1n) is 4.52. The molecule has 0 atom stereocenters. The SMILES string of the molecule is Cc1cc2c(NS(C)(=O)=O)cccc2[nH]1. The van der Waals surface area contributed by atoms with Crippen molar-refractivity contribution in [1.29, 1.82) is 0 Å². The quantitative estimate of drug-likeness (QED) is 0.817. The van der Waals surface area contributed by atoms with E-state index in [1.54, 1.807) is 6.07 Å². The Morgan fingerprint density at radius 2 is 2.07 bits per heavy atom. The molecule has 1 aromatic heterocycles. The Hall–Kier alpha value is -1.49. The first-order chi connectivity index (χ1) is 6.96. The minimum Gasteiger partial charge on any atom is -0.359 e. The van der Waals surface area contributed by atoms with Crippen LogP contribution in [0.25, 0.3) is 10.9 Å². The third-order valence-electron chi connectivity index (χ3n) is 2.09. The van der Waals surface area contributed by atoms with E-state index in [2.05, 4.69) is 9.71 Å². The summed E-state index contributed by atoms with van der Waals surface area (Å²) in [6, 6.07) is 7.39. The maximum atomic E-state index is 11.1. The van der Waals surface area contributed by atoms with E-state index < -0.39 is 10.0 Å². The summed E-state index contributed by atoms with van der Waals surface area (Å²) in [5.74, 6) is 0. The molecule has 15 heavy (non-hydrogen) atoms. The van der Waals surface area contributed by atoms with Crippen LogP contribution in [0.1, 0.15) is 5.69 Å². The van der Waals surface area contributed by atoms with Crippen LogP contribution in [0.3, 0.4) is 0 Å². The molecule has 4 nitrogen and oxygen atoms in total. The highest BCUT2D eigenvalue weighted by atomic mass is 32.2. The van der Waals surface area contributed by atoms with Crippen molar-refractivity contribution in [2.24, 2.45) is 0 Å². The molecule has 0 radical (unpaired) electrons. The number of rotatable bonds is 2. The minimum absolute atomic E-state index is 0.611. The van der Waals surface area contributed by atoms with Crippen molar-refractivity contribution >= 4 is 26.6 Å². The van der Waals surface area contributed by atoms with Gasteiger partial charge in [-0.3, -0.25) is 4.72 Å². The van der Waals surface area contributed by atoms with E-state index in [0.29, 0.717) is 5.69 Å². The Bertz CT molecular complexity index is 599. The number of sulfonamides is 1. The van der Waals surface area contributed by atoms with Crippen molar-refractivity contribution < 1.29 is 8.42 Å². The molecule has 2 rings (SSSR count). The Kier molecular flexibility index (Phi) is 2.19. The highest BCUT2D eigenvalue weighted by molar-refractivity contribution is 7.92. The lowest BCUT2D eigenvalue weighted by Gasteiger charge is -2.04. The van der Waals surface area contributed by atoms with Gasteiger partial charge in [0.25, 0.3) is 0 Å². The van der Waals surface area contributed by atoms with Crippen LogP contribution in [0.5, 0.6) is 0 Å². The summed E-state index contributed by atoms with van der Waals surface area (Å²) in [4.78, 5) is 3.15. The molecule has 0 saturated heterocycles. The van der Waals surface area contributed by atoms with Gasteiger partial charge in [-0.25, -0.2) is 8.42 Å².